The number of hydrogen-bond donors (Lipinski definition) is 0. The van der Waals surface area contributed by atoms with E-state index in [1.165, 1.54) is 45.8 Å². The SMILES string of the molecule is Cc1ccc2c3ccc(C(F)(F)F)cc3n(-c3cncc(-n4c5cc(C(F)(F)F)ccc5c5ccc(C(F)(F)F)cc54)c3-c3ccccc3C#N)c2c1. The van der Waals surface area contributed by atoms with E-state index in [9.17, 15) is 44.8 Å². The summed E-state index contributed by atoms with van der Waals surface area (Å²) >= 11 is 0. The highest BCUT2D eigenvalue weighted by molar-refractivity contribution is 6.12. The number of fused-ring (bicyclic) bond motifs is 6. The van der Waals surface area contributed by atoms with E-state index >= 15 is 0 Å². The molecule has 0 amide bonds. The first-order chi connectivity index (χ1) is 25.1. The molecule has 3 aromatic heterocycles. The Morgan fingerprint density at radius 2 is 0.925 bits per heavy atom. The molecule has 264 valence electrons. The third-order valence-corrected chi connectivity index (χ3v) is 9.38. The first-order valence-electron chi connectivity index (χ1n) is 15.9. The molecule has 0 saturated carbocycles. The largest absolute Gasteiger partial charge is 0.416 e. The van der Waals surface area contributed by atoms with Crippen molar-refractivity contribution in [2.75, 3.05) is 0 Å². The summed E-state index contributed by atoms with van der Waals surface area (Å²) < 4.78 is 130. The van der Waals surface area contributed by atoms with Crippen LogP contribution in [0.15, 0.2) is 109 Å². The highest BCUT2D eigenvalue weighted by atomic mass is 19.4. The van der Waals surface area contributed by atoms with Gasteiger partial charge in [-0.25, -0.2) is 0 Å². The first kappa shape index (κ1) is 33.8. The molecule has 0 saturated heterocycles. The van der Waals surface area contributed by atoms with E-state index in [1.54, 1.807) is 43.3 Å². The zero-order valence-electron chi connectivity index (χ0n) is 27.1. The Morgan fingerprint density at radius 1 is 0.528 bits per heavy atom. The van der Waals surface area contributed by atoms with E-state index in [1.807, 2.05) is 0 Å². The number of aryl methyl sites for hydroxylation is 1. The quantitative estimate of drug-likeness (QED) is 0.170. The highest BCUT2D eigenvalue weighted by Crippen LogP contribution is 2.45. The molecule has 13 heteroatoms. The minimum absolute atomic E-state index is 0.0153. The van der Waals surface area contributed by atoms with Crippen LogP contribution in [0.2, 0.25) is 0 Å². The number of aromatic nitrogens is 3. The van der Waals surface area contributed by atoms with Crippen LogP contribution in [0.5, 0.6) is 0 Å². The molecular formula is C40H21F9N4. The van der Waals surface area contributed by atoms with Gasteiger partial charge >= 0.3 is 18.5 Å². The Bertz CT molecular complexity index is 2760. The smallest absolute Gasteiger partial charge is 0.307 e. The van der Waals surface area contributed by atoms with Gasteiger partial charge in [0.05, 0.1) is 74.2 Å². The van der Waals surface area contributed by atoms with E-state index in [0.717, 1.165) is 42.0 Å². The lowest BCUT2D eigenvalue weighted by Gasteiger charge is -2.20. The van der Waals surface area contributed by atoms with Gasteiger partial charge in [-0.3, -0.25) is 4.98 Å². The topological polar surface area (TPSA) is 46.5 Å². The summed E-state index contributed by atoms with van der Waals surface area (Å²) in [6.07, 6.45) is -11.8. The van der Waals surface area contributed by atoms with Gasteiger partial charge in [0, 0.05) is 32.7 Å². The molecule has 0 atom stereocenters. The highest BCUT2D eigenvalue weighted by Gasteiger charge is 2.35. The normalized spacial score (nSPS) is 12.7. The third-order valence-electron chi connectivity index (χ3n) is 9.38. The molecule has 0 fully saturated rings. The predicted octanol–water partition coefficient (Wildman–Crippen LogP) is 12.2. The molecule has 0 bridgehead atoms. The molecular weight excluding hydrogens is 707 g/mol. The summed E-state index contributed by atoms with van der Waals surface area (Å²) in [5.41, 5.74) is -1.44. The Hall–Kier alpha value is -6.29. The molecule has 0 N–H and O–H groups in total. The van der Waals surface area contributed by atoms with Crippen molar-refractivity contribution in [3.8, 4) is 28.6 Å². The van der Waals surface area contributed by atoms with Crippen molar-refractivity contribution in [3.05, 3.63) is 137 Å². The van der Waals surface area contributed by atoms with Gasteiger partial charge in [-0.15, -0.1) is 0 Å². The number of rotatable bonds is 3. The van der Waals surface area contributed by atoms with Gasteiger partial charge in [0.2, 0.25) is 0 Å². The van der Waals surface area contributed by atoms with Crippen molar-refractivity contribution in [1.82, 2.24) is 14.1 Å². The van der Waals surface area contributed by atoms with Gasteiger partial charge in [0.1, 0.15) is 0 Å². The van der Waals surface area contributed by atoms with E-state index in [-0.39, 0.29) is 55.4 Å². The lowest BCUT2D eigenvalue weighted by Crippen LogP contribution is -2.08. The summed E-state index contributed by atoms with van der Waals surface area (Å²) in [6, 6.07) is 22.6. The van der Waals surface area contributed by atoms with Crippen LogP contribution < -0.4 is 0 Å². The number of nitrogens with zero attached hydrogens (tertiary/aromatic N) is 4. The fourth-order valence-electron chi connectivity index (χ4n) is 7.05. The van der Waals surface area contributed by atoms with Crippen LogP contribution in [-0.4, -0.2) is 14.1 Å². The van der Waals surface area contributed by atoms with Gasteiger partial charge in [0.15, 0.2) is 0 Å². The van der Waals surface area contributed by atoms with Crippen molar-refractivity contribution in [2.45, 2.75) is 25.5 Å². The lowest BCUT2D eigenvalue weighted by atomic mass is 9.97. The van der Waals surface area contributed by atoms with Crippen LogP contribution in [0.25, 0.3) is 66.1 Å². The molecule has 0 unspecified atom stereocenters. The van der Waals surface area contributed by atoms with Crippen LogP contribution in [0.4, 0.5) is 39.5 Å². The van der Waals surface area contributed by atoms with Crippen LogP contribution in [0.1, 0.15) is 27.8 Å². The van der Waals surface area contributed by atoms with E-state index in [2.05, 4.69) is 11.1 Å². The number of halogens is 9. The van der Waals surface area contributed by atoms with E-state index < -0.39 is 35.2 Å². The molecule has 0 aliphatic heterocycles. The zero-order chi connectivity index (χ0) is 37.6. The minimum Gasteiger partial charge on any atom is -0.307 e. The number of benzene rings is 5. The third kappa shape index (κ3) is 5.44. The lowest BCUT2D eigenvalue weighted by molar-refractivity contribution is -0.138. The monoisotopic (exact) mass is 728 g/mol. The molecule has 53 heavy (non-hydrogen) atoms. The minimum atomic E-state index is -4.82. The second-order valence-corrected chi connectivity index (χ2v) is 12.6. The molecule has 0 aliphatic rings. The molecule has 0 spiro atoms. The van der Waals surface area contributed by atoms with Gasteiger partial charge in [-0.05, 0) is 61.0 Å². The van der Waals surface area contributed by atoms with Gasteiger partial charge in [0.25, 0.3) is 0 Å². The van der Waals surface area contributed by atoms with Gasteiger partial charge < -0.3 is 9.13 Å². The van der Waals surface area contributed by atoms with Crippen molar-refractivity contribution in [1.29, 1.82) is 5.26 Å². The zero-order valence-corrected chi connectivity index (χ0v) is 27.1. The molecule has 8 aromatic rings. The fourth-order valence-corrected chi connectivity index (χ4v) is 7.05. The maximum atomic E-state index is 14.2. The number of pyridine rings is 1. The second-order valence-electron chi connectivity index (χ2n) is 12.6. The maximum absolute atomic E-state index is 14.2. The van der Waals surface area contributed by atoms with Crippen LogP contribution in [0, 0.1) is 18.3 Å². The summed E-state index contributed by atoms with van der Waals surface area (Å²) in [7, 11) is 0. The van der Waals surface area contributed by atoms with Crippen LogP contribution in [0.3, 0.4) is 0 Å². The number of alkyl halides is 9. The molecule has 8 rings (SSSR count). The van der Waals surface area contributed by atoms with Crippen molar-refractivity contribution >= 4 is 43.6 Å². The second kappa shape index (κ2) is 11.6. The van der Waals surface area contributed by atoms with Crippen LogP contribution >= 0.6 is 0 Å². The summed E-state index contributed by atoms with van der Waals surface area (Å²) in [4.78, 5) is 4.41. The average molecular weight is 729 g/mol. The summed E-state index contributed by atoms with van der Waals surface area (Å²) in [5.74, 6) is 0. The number of nitriles is 1. The Kier molecular flexibility index (Phi) is 7.41. The molecule has 4 nitrogen and oxygen atoms in total. The Morgan fingerprint density at radius 3 is 1.34 bits per heavy atom. The summed E-state index contributed by atoms with van der Waals surface area (Å²) in [5, 5.41) is 11.7. The molecule has 0 radical (unpaired) electrons. The molecule has 0 aliphatic carbocycles. The van der Waals surface area contributed by atoms with E-state index in [0.29, 0.717) is 16.3 Å². The van der Waals surface area contributed by atoms with Gasteiger partial charge in [-0.1, -0.05) is 48.5 Å². The average Bonchev–Trinajstić information content (AvgIpc) is 3.61. The van der Waals surface area contributed by atoms with Gasteiger partial charge in [-0.2, -0.15) is 44.8 Å². The molecule has 3 heterocycles. The summed E-state index contributed by atoms with van der Waals surface area (Å²) in [6.45, 7) is 1.79. The fraction of sp³-hybridized carbons (Fsp3) is 0.100. The van der Waals surface area contributed by atoms with Crippen LogP contribution in [-0.2, 0) is 18.5 Å². The standard InChI is InChI=1S/C40H21F9N4/c1-21-6-10-27-28-11-7-23(38(41,42)43)15-32(28)52(31(27)14-21)35-19-51-20-36(37(35)26-5-3-2-4-22(26)18-50)53-33-16-24(39(44,45)46)8-12-29(33)30-13-9-25(17-34(30)53)40(47,48)49/h2-17,19-20H,1H3. The van der Waals surface area contributed by atoms with Crippen molar-refractivity contribution < 1.29 is 39.5 Å². The molecule has 5 aromatic carbocycles. The first-order valence-corrected chi connectivity index (χ1v) is 15.9. The maximum Gasteiger partial charge on any atom is 0.416 e. The Balaban J connectivity index is 1.60. The predicted molar refractivity (Wildman–Crippen MR) is 183 cm³/mol. The van der Waals surface area contributed by atoms with Crippen molar-refractivity contribution in [2.24, 2.45) is 0 Å². The Labute approximate surface area is 293 Å². The van der Waals surface area contributed by atoms with E-state index in [4.69, 9.17) is 0 Å². The number of hydrogen-bond acceptors (Lipinski definition) is 2. The van der Waals surface area contributed by atoms with Crippen molar-refractivity contribution in [3.63, 3.8) is 0 Å².